The predicted molar refractivity (Wildman–Crippen MR) is 131 cm³/mol. The van der Waals surface area contributed by atoms with Crippen LogP contribution in [0.15, 0.2) is 48.8 Å². The summed E-state index contributed by atoms with van der Waals surface area (Å²) in [6, 6.07) is 9.24. The van der Waals surface area contributed by atoms with Crippen molar-refractivity contribution >= 4 is 35.5 Å². The van der Waals surface area contributed by atoms with Crippen molar-refractivity contribution in [2.45, 2.75) is 59.0 Å². The molecule has 0 aliphatic carbocycles. The molecule has 0 saturated heterocycles. The van der Waals surface area contributed by atoms with Gasteiger partial charge in [0.1, 0.15) is 6.04 Å². The number of aryl methyl sites for hydroxylation is 1. The molecule has 0 aliphatic heterocycles. The summed E-state index contributed by atoms with van der Waals surface area (Å²) < 4.78 is 0. The highest BCUT2D eigenvalue weighted by Gasteiger charge is 2.36. The van der Waals surface area contributed by atoms with Gasteiger partial charge in [-0.2, -0.15) is 0 Å². The summed E-state index contributed by atoms with van der Waals surface area (Å²) in [7, 11) is 0. The largest absolute Gasteiger partial charge is 0.343 e. The van der Waals surface area contributed by atoms with E-state index in [1.807, 2.05) is 32.9 Å². The number of carbonyl (C=O) groups is 3. The number of hydroxylamine groups is 2. The minimum Gasteiger partial charge on any atom is -0.343 e. The average Bonchev–Trinajstić information content (AvgIpc) is 2.80. The fraction of sp³-hybridized carbons (Fsp3) is 0.440. The molecule has 3 amide bonds. The maximum absolute atomic E-state index is 13.3. The second kappa shape index (κ2) is 12.5. The van der Waals surface area contributed by atoms with Crippen LogP contribution in [0.5, 0.6) is 0 Å². The van der Waals surface area contributed by atoms with Crippen LogP contribution in [-0.2, 0) is 20.8 Å². The summed E-state index contributed by atoms with van der Waals surface area (Å²) in [6.45, 7) is 7.15. The highest BCUT2D eigenvalue weighted by atomic mass is 35.5. The van der Waals surface area contributed by atoms with Crippen molar-refractivity contribution in [2.75, 3.05) is 5.32 Å². The summed E-state index contributed by atoms with van der Waals surface area (Å²) in [5.41, 5.74) is 0.991. The van der Waals surface area contributed by atoms with E-state index in [0.717, 1.165) is 5.56 Å². The molecule has 8 nitrogen and oxygen atoms in total. The van der Waals surface area contributed by atoms with Crippen LogP contribution in [0.25, 0.3) is 0 Å². The lowest BCUT2D eigenvalue weighted by atomic mass is 9.84. The molecule has 3 atom stereocenters. The number of aromatic nitrogens is 1. The fourth-order valence-corrected chi connectivity index (χ4v) is 3.75. The molecule has 0 unspecified atom stereocenters. The molecule has 34 heavy (non-hydrogen) atoms. The van der Waals surface area contributed by atoms with Gasteiger partial charge in [-0.1, -0.05) is 44.5 Å². The second-order valence-electron chi connectivity index (χ2n) is 9.39. The minimum atomic E-state index is -0.852. The summed E-state index contributed by atoms with van der Waals surface area (Å²) in [6.07, 6.45) is 5.14. The molecular weight excluding hydrogens is 456 g/mol. The fourth-order valence-electron chi connectivity index (χ4n) is 3.62. The topological polar surface area (TPSA) is 112 Å². The summed E-state index contributed by atoms with van der Waals surface area (Å²) in [4.78, 5) is 41.5. The van der Waals surface area contributed by atoms with Gasteiger partial charge >= 0.3 is 0 Å². The number of anilines is 1. The lowest BCUT2D eigenvalue weighted by Gasteiger charge is -2.33. The van der Waals surface area contributed by atoms with Gasteiger partial charge in [-0.05, 0) is 61.4 Å². The van der Waals surface area contributed by atoms with Crippen LogP contribution >= 0.6 is 11.6 Å². The van der Waals surface area contributed by atoms with Crippen LogP contribution < -0.4 is 10.6 Å². The van der Waals surface area contributed by atoms with E-state index in [1.165, 1.54) is 6.20 Å². The van der Waals surface area contributed by atoms with E-state index in [0.29, 0.717) is 35.0 Å². The number of nitrogens with zero attached hydrogens (tertiary/aromatic N) is 2. The van der Waals surface area contributed by atoms with Gasteiger partial charge in [0.2, 0.25) is 18.2 Å². The van der Waals surface area contributed by atoms with E-state index < -0.39 is 29.3 Å². The van der Waals surface area contributed by atoms with Gasteiger partial charge in [0, 0.05) is 11.2 Å². The average molecular weight is 489 g/mol. The normalized spacial score (nSPS) is 13.9. The highest BCUT2D eigenvalue weighted by molar-refractivity contribution is 6.30. The zero-order valence-corrected chi connectivity index (χ0v) is 20.7. The van der Waals surface area contributed by atoms with Crippen LogP contribution in [0.1, 0.15) is 46.1 Å². The molecule has 1 aromatic heterocycles. The van der Waals surface area contributed by atoms with E-state index >= 15 is 0 Å². The van der Waals surface area contributed by atoms with Crippen LogP contribution in [0.3, 0.4) is 0 Å². The van der Waals surface area contributed by atoms with Gasteiger partial charge in [-0.25, -0.2) is 5.06 Å². The van der Waals surface area contributed by atoms with Crippen molar-refractivity contribution in [1.29, 1.82) is 0 Å². The molecule has 0 aliphatic rings. The Morgan fingerprint density at radius 1 is 1.18 bits per heavy atom. The van der Waals surface area contributed by atoms with Gasteiger partial charge in [0.25, 0.3) is 0 Å². The molecule has 3 N–H and O–H groups in total. The lowest BCUT2D eigenvalue weighted by molar-refractivity contribution is -0.166. The monoisotopic (exact) mass is 488 g/mol. The summed E-state index contributed by atoms with van der Waals surface area (Å²) in [5, 5.41) is 16.7. The van der Waals surface area contributed by atoms with E-state index in [4.69, 9.17) is 11.6 Å². The molecule has 0 spiro atoms. The van der Waals surface area contributed by atoms with Crippen LogP contribution in [0.4, 0.5) is 5.69 Å². The Kier molecular flexibility index (Phi) is 10.0. The third-order valence-corrected chi connectivity index (χ3v) is 5.93. The molecule has 1 aromatic carbocycles. The standard InChI is InChI=1S/C25H33ClN4O4/c1-17(30(34)16-31)21(9-5-7-18-10-12-19(26)13-11-18)23(32)29-22(25(2,3)4)24(33)28-20-8-6-14-27-15-20/h6,8,10-17,21-22,34H,5,7,9H2,1-4H3,(H,28,33)(H,29,32)/t17-,21-,22+/m0/s1. The number of hydrogen-bond donors (Lipinski definition) is 3. The summed E-state index contributed by atoms with van der Waals surface area (Å²) in [5.74, 6) is -1.51. The van der Waals surface area contributed by atoms with Gasteiger partial charge in [-0.15, -0.1) is 0 Å². The number of pyridine rings is 1. The van der Waals surface area contributed by atoms with Crippen molar-refractivity contribution in [2.24, 2.45) is 11.3 Å². The number of rotatable bonds is 11. The molecule has 184 valence electrons. The molecule has 0 fully saturated rings. The Morgan fingerprint density at radius 3 is 2.41 bits per heavy atom. The number of halogens is 1. The Balaban J connectivity index is 2.14. The Hall–Kier alpha value is -2.97. The van der Waals surface area contributed by atoms with Crippen molar-refractivity contribution in [3.05, 3.63) is 59.4 Å². The Morgan fingerprint density at radius 2 is 1.85 bits per heavy atom. The number of carbonyl (C=O) groups excluding carboxylic acids is 3. The van der Waals surface area contributed by atoms with E-state index in [9.17, 15) is 19.6 Å². The quantitative estimate of drug-likeness (QED) is 0.250. The first-order valence-electron chi connectivity index (χ1n) is 11.2. The SMILES string of the molecule is C[C@@H]([C@H](CCCc1ccc(Cl)cc1)C(=O)N[C@H](C(=O)Nc1cccnc1)C(C)(C)C)N(O)C=O. The molecule has 0 radical (unpaired) electrons. The molecule has 2 aromatic rings. The van der Waals surface area contributed by atoms with Crippen molar-refractivity contribution in [3.63, 3.8) is 0 Å². The molecule has 1 heterocycles. The van der Waals surface area contributed by atoms with Crippen LogP contribution in [0, 0.1) is 11.3 Å². The molecular formula is C25H33ClN4O4. The van der Waals surface area contributed by atoms with Gasteiger partial charge in [0.05, 0.1) is 23.8 Å². The van der Waals surface area contributed by atoms with Crippen molar-refractivity contribution in [3.8, 4) is 0 Å². The second-order valence-corrected chi connectivity index (χ2v) is 9.83. The number of benzene rings is 1. The maximum Gasteiger partial charge on any atom is 0.247 e. The molecule has 0 bridgehead atoms. The molecule has 9 heteroatoms. The number of hydrogen-bond acceptors (Lipinski definition) is 5. The van der Waals surface area contributed by atoms with Gasteiger partial charge in [-0.3, -0.25) is 24.6 Å². The Bertz CT molecular complexity index is 948. The van der Waals surface area contributed by atoms with Gasteiger partial charge < -0.3 is 10.6 Å². The first-order valence-corrected chi connectivity index (χ1v) is 11.6. The van der Waals surface area contributed by atoms with Crippen LogP contribution in [0.2, 0.25) is 5.02 Å². The zero-order chi connectivity index (χ0) is 25.3. The minimum absolute atomic E-state index is 0.278. The molecule has 2 rings (SSSR count). The van der Waals surface area contributed by atoms with Gasteiger partial charge in [0.15, 0.2) is 0 Å². The predicted octanol–water partition coefficient (Wildman–Crippen LogP) is 4.08. The number of nitrogens with one attached hydrogen (secondary N) is 2. The van der Waals surface area contributed by atoms with Crippen molar-refractivity contribution in [1.82, 2.24) is 15.4 Å². The third-order valence-electron chi connectivity index (χ3n) is 5.68. The molecule has 0 saturated carbocycles. The Labute approximate surface area is 205 Å². The van der Waals surface area contributed by atoms with E-state index in [1.54, 1.807) is 37.4 Å². The first-order chi connectivity index (χ1) is 16.0. The number of amides is 3. The maximum atomic E-state index is 13.3. The first kappa shape index (κ1) is 27.3. The lowest BCUT2D eigenvalue weighted by Crippen LogP contribution is -2.55. The summed E-state index contributed by atoms with van der Waals surface area (Å²) >= 11 is 5.94. The van der Waals surface area contributed by atoms with Crippen LogP contribution in [-0.4, -0.2) is 45.6 Å². The third kappa shape index (κ3) is 8.11. The highest BCUT2D eigenvalue weighted by Crippen LogP contribution is 2.24. The van der Waals surface area contributed by atoms with Crippen molar-refractivity contribution < 1.29 is 19.6 Å². The van der Waals surface area contributed by atoms with E-state index in [-0.39, 0.29) is 12.3 Å². The zero-order valence-electron chi connectivity index (χ0n) is 20.0. The smallest absolute Gasteiger partial charge is 0.247 e. The van der Waals surface area contributed by atoms with E-state index in [2.05, 4.69) is 15.6 Å².